The molecular formula is C14H27N. The van der Waals surface area contributed by atoms with E-state index in [1.807, 2.05) is 0 Å². The van der Waals surface area contributed by atoms with Crippen LogP contribution in [0.4, 0.5) is 0 Å². The van der Waals surface area contributed by atoms with Crippen molar-refractivity contribution in [2.24, 2.45) is 5.41 Å². The minimum absolute atomic E-state index is 0.714. The summed E-state index contributed by atoms with van der Waals surface area (Å²) in [5, 5.41) is 3.81. The fraction of sp³-hybridized carbons (Fsp3) is 1.00. The van der Waals surface area contributed by atoms with Gasteiger partial charge < -0.3 is 5.32 Å². The molecule has 1 aliphatic heterocycles. The number of fused-ring (bicyclic) bond motifs is 1. The van der Waals surface area contributed by atoms with E-state index in [9.17, 15) is 0 Å². The van der Waals surface area contributed by atoms with E-state index in [-0.39, 0.29) is 0 Å². The van der Waals surface area contributed by atoms with Crippen molar-refractivity contribution < 1.29 is 0 Å². The van der Waals surface area contributed by atoms with E-state index in [1.54, 1.807) is 0 Å². The Kier molecular flexibility index (Phi) is 4.07. The highest BCUT2D eigenvalue weighted by Crippen LogP contribution is 2.47. The third kappa shape index (κ3) is 2.55. The first kappa shape index (κ1) is 11.4. The molecule has 0 bridgehead atoms. The molecule has 0 radical (unpaired) electrons. The monoisotopic (exact) mass is 209 g/mol. The molecule has 1 saturated heterocycles. The van der Waals surface area contributed by atoms with Gasteiger partial charge in [-0.1, -0.05) is 39.0 Å². The van der Waals surface area contributed by atoms with E-state index in [4.69, 9.17) is 0 Å². The Balaban J connectivity index is 1.93. The molecule has 1 aliphatic carbocycles. The van der Waals surface area contributed by atoms with Crippen LogP contribution in [0.15, 0.2) is 0 Å². The van der Waals surface area contributed by atoms with Crippen molar-refractivity contribution in [2.45, 2.75) is 77.2 Å². The second-order valence-electron chi connectivity index (χ2n) is 5.68. The van der Waals surface area contributed by atoms with Crippen LogP contribution in [-0.2, 0) is 0 Å². The van der Waals surface area contributed by atoms with Crippen LogP contribution in [0.25, 0.3) is 0 Å². The van der Waals surface area contributed by atoms with Crippen molar-refractivity contribution in [3.8, 4) is 0 Å². The molecule has 2 aliphatic rings. The lowest BCUT2D eigenvalue weighted by atomic mass is 9.74. The fourth-order valence-corrected chi connectivity index (χ4v) is 3.79. The predicted octanol–water partition coefficient (Wildman–Crippen LogP) is 3.88. The first-order valence-electron chi connectivity index (χ1n) is 7.11. The molecule has 1 N–H and O–H groups in total. The van der Waals surface area contributed by atoms with E-state index < -0.39 is 0 Å². The number of nitrogens with one attached hydrogen (secondary N) is 1. The molecule has 1 heteroatoms. The largest absolute Gasteiger partial charge is 0.313 e. The lowest BCUT2D eigenvalue weighted by Gasteiger charge is -2.34. The zero-order valence-corrected chi connectivity index (χ0v) is 10.4. The van der Waals surface area contributed by atoms with Crippen molar-refractivity contribution in [2.75, 3.05) is 6.54 Å². The molecule has 2 fully saturated rings. The second-order valence-corrected chi connectivity index (χ2v) is 5.68. The van der Waals surface area contributed by atoms with Gasteiger partial charge in [0.1, 0.15) is 0 Å². The van der Waals surface area contributed by atoms with Gasteiger partial charge in [0.05, 0.1) is 0 Å². The van der Waals surface area contributed by atoms with Crippen LogP contribution >= 0.6 is 0 Å². The Hall–Kier alpha value is -0.0400. The molecule has 1 heterocycles. The highest BCUT2D eigenvalue weighted by molar-refractivity contribution is 4.97. The summed E-state index contributed by atoms with van der Waals surface area (Å²) in [6.45, 7) is 3.59. The third-order valence-corrected chi connectivity index (χ3v) is 4.68. The van der Waals surface area contributed by atoms with Gasteiger partial charge >= 0.3 is 0 Å². The second kappa shape index (κ2) is 5.34. The molecule has 0 amide bonds. The van der Waals surface area contributed by atoms with E-state index in [2.05, 4.69) is 12.2 Å². The summed E-state index contributed by atoms with van der Waals surface area (Å²) in [6, 6.07) is 0.872. The minimum atomic E-state index is 0.714. The van der Waals surface area contributed by atoms with E-state index in [0.29, 0.717) is 5.41 Å². The third-order valence-electron chi connectivity index (χ3n) is 4.68. The van der Waals surface area contributed by atoms with E-state index in [0.717, 1.165) is 6.04 Å². The predicted molar refractivity (Wildman–Crippen MR) is 66.1 cm³/mol. The highest BCUT2D eigenvalue weighted by atomic mass is 14.9. The summed E-state index contributed by atoms with van der Waals surface area (Å²) in [5.74, 6) is 0. The number of hydrogen-bond donors (Lipinski definition) is 1. The van der Waals surface area contributed by atoms with Gasteiger partial charge in [0, 0.05) is 6.04 Å². The Morgan fingerprint density at radius 2 is 2.00 bits per heavy atom. The Labute approximate surface area is 95.0 Å². The molecule has 1 saturated carbocycles. The first-order chi connectivity index (χ1) is 7.37. The molecule has 0 aromatic rings. The minimum Gasteiger partial charge on any atom is -0.313 e. The summed E-state index contributed by atoms with van der Waals surface area (Å²) in [7, 11) is 0. The maximum atomic E-state index is 3.81. The molecule has 0 spiro atoms. The highest BCUT2D eigenvalue weighted by Gasteiger charge is 2.42. The van der Waals surface area contributed by atoms with Gasteiger partial charge in [-0.15, -0.1) is 0 Å². The summed E-state index contributed by atoms with van der Waals surface area (Å²) in [6.07, 6.45) is 14.6. The van der Waals surface area contributed by atoms with Crippen molar-refractivity contribution >= 4 is 0 Å². The quantitative estimate of drug-likeness (QED) is 0.693. The number of rotatable bonds is 4. The van der Waals surface area contributed by atoms with Crippen LogP contribution in [0.5, 0.6) is 0 Å². The Morgan fingerprint density at radius 3 is 2.87 bits per heavy atom. The molecule has 15 heavy (non-hydrogen) atoms. The van der Waals surface area contributed by atoms with Gasteiger partial charge in [0.2, 0.25) is 0 Å². The van der Waals surface area contributed by atoms with Crippen molar-refractivity contribution in [1.82, 2.24) is 5.32 Å². The standard InChI is InChI=1S/C14H27N/c1-2-3-4-9-14-10-5-6-12-15-13(14)8-7-11-14/h13,15H,2-12H2,1H3. The Morgan fingerprint density at radius 1 is 1.13 bits per heavy atom. The van der Waals surface area contributed by atoms with Crippen LogP contribution in [-0.4, -0.2) is 12.6 Å². The van der Waals surface area contributed by atoms with Crippen LogP contribution in [0.2, 0.25) is 0 Å². The summed E-state index contributed by atoms with van der Waals surface area (Å²) in [4.78, 5) is 0. The SMILES string of the molecule is CCCCCC12CCCCNC1CCC2. The molecule has 0 aromatic carbocycles. The van der Waals surface area contributed by atoms with Gasteiger partial charge in [0.15, 0.2) is 0 Å². The van der Waals surface area contributed by atoms with Crippen LogP contribution in [0, 0.1) is 5.41 Å². The lowest BCUT2D eigenvalue weighted by Crippen LogP contribution is -2.39. The van der Waals surface area contributed by atoms with Crippen molar-refractivity contribution in [1.29, 1.82) is 0 Å². The van der Waals surface area contributed by atoms with E-state index in [1.165, 1.54) is 70.8 Å². The summed E-state index contributed by atoms with van der Waals surface area (Å²) < 4.78 is 0. The van der Waals surface area contributed by atoms with Gasteiger partial charge in [-0.2, -0.15) is 0 Å². The van der Waals surface area contributed by atoms with Crippen LogP contribution in [0.1, 0.15) is 71.1 Å². The molecule has 1 nitrogen and oxygen atoms in total. The number of unbranched alkanes of at least 4 members (excludes halogenated alkanes) is 2. The smallest absolute Gasteiger partial charge is 0.0123 e. The molecule has 2 atom stereocenters. The zero-order chi connectivity index (χ0) is 10.6. The molecule has 0 aromatic heterocycles. The first-order valence-corrected chi connectivity index (χ1v) is 7.11. The average Bonchev–Trinajstić information content (AvgIpc) is 2.53. The fourth-order valence-electron chi connectivity index (χ4n) is 3.79. The Bertz CT molecular complexity index is 190. The van der Waals surface area contributed by atoms with Crippen LogP contribution in [0.3, 0.4) is 0 Å². The topological polar surface area (TPSA) is 12.0 Å². The molecular weight excluding hydrogens is 182 g/mol. The van der Waals surface area contributed by atoms with Crippen molar-refractivity contribution in [3.05, 3.63) is 0 Å². The number of hydrogen-bond acceptors (Lipinski definition) is 1. The lowest BCUT2D eigenvalue weighted by molar-refractivity contribution is 0.195. The van der Waals surface area contributed by atoms with Crippen molar-refractivity contribution in [3.63, 3.8) is 0 Å². The van der Waals surface area contributed by atoms with Gasteiger partial charge in [0.25, 0.3) is 0 Å². The molecule has 88 valence electrons. The van der Waals surface area contributed by atoms with E-state index >= 15 is 0 Å². The van der Waals surface area contributed by atoms with Crippen LogP contribution < -0.4 is 5.32 Å². The summed E-state index contributed by atoms with van der Waals surface area (Å²) in [5.41, 5.74) is 0.714. The van der Waals surface area contributed by atoms with Gasteiger partial charge in [-0.05, 0) is 44.1 Å². The average molecular weight is 209 g/mol. The normalized spacial score (nSPS) is 36.2. The molecule has 2 unspecified atom stereocenters. The summed E-state index contributed by atoms with van der Waals surface area (Å²) >= 11 is 0. The maximum Gasteiger partial charge on any atom is 0.0123 e. The van der Waals surface area contributed by atoms with Gasteiger partial charge in [-0.3, -0.25) is 0 Å². The van der Waals surface area contributed by atoms with Gasteiger partial charge in [-0.25, -0.2) is 0 Å². The molecule has 2 rings (SSSR count). The zero-order valence-electron chi connectivity index (χ0n) is 10.4. The maximum absolute atomic E-state index is 3.81.